The minimum Gasteiger partial charge on any atom is -0.404 e. The first-order chi connectivity index (χ1) is 25.1. The van der Waals surface area contributed by atoms with Gasteiger partial charge in [-0.1, -0.05) is 80.1 Å². The monoisotopic (exact) mass is 719 g/mol. The number of nitrogens with zero attached hydrogens (tertiary/aromatic N) is 3. The van der Waals surface area contributed by atoms with Crippen LogP contribution in [0.15, 0.2) is 84.3 Å². The van der Waals surface area contributed by atoms with Crippen molar-refractivity contribution in [3.8, 4) is 0 Å². The van der Waals surface area contributed by atoms with Gasteiger partial charge in [-0.2, -0.15) is 0 Å². The first-order valence-corrected chi connectivity index (χ1v) is 19.1. The Kier molecular flexibility index (Phi) is 9.29. The summed E-state index contributed by atoms with van der Waals surface area (Å²) in [6.45, 7) is 11.1. The molecular weight excluding hydrogens is 673 g/mol. The summed E-state index contributed by atoms with van der Waals surface area (Å²) in [5.74, 6) is 0.255. The Morgan fingerprint density at radius 1 is 1.12 bits per heavy atom. The van der Waals surface area contributed by atoms with Gasteiger partial charge < -0.3 is 19.9 Å². The van der Waals surface area contributed by atoms with Crippen LogP contribution in [0.25, 0.3) is 10.8 Å². The van der Waals surface area contributed by atoms with Crippen LogP contribution >= 0.6 is 11.6 Å². The standard InChI is InChI=1S/C41H47BClN5O4/c1-5-12-34(42-51-33-23-28-22-32(40(28,2)3)41(33,4)52-42)46-38(49)31-21-27(17-11-16-26-15-10-14-25-13-6-7-19-30(25)26)35-36(43)47-37(39(50)48(31)35)45-24-29-18-8-9-20-44-29/h5-10,13-15,18-20,27-28,31-34H,1,11-12,16-17,21-24H2,2-4H3,(H,45,47)(H,46,49)/t27-,28?,31+,32?,33?,34+,41-/m1/s1. The second kappa shape index (κ2) is 13.8. The summed E-state index contributed by atoms with van der Waals surface area (Å²) in [5, 5.41) is 9.07. The lowest BCUT2D eigenvalue weighted by Crippen LogP contribution is -2.65. The molecule has 1 saturated heterocycles. The number of aromatic nitrogens is 3. The number of halogens is 1. The molecule has 9 nitrogen and oxygen atoms in total. The maximum absolute atomic E-state index is 14.5. The fraction of sp³-hybridized carbons (Fsp3) is 0.463. The predicted molar refractivity (Wildman–Crippen MR) is 205 cm³/mol. The van der Waals surface area contributed by atoms with E-state index in [9.17, 15) is 9.59 Å². The molecule has 2 aliphatic heterocycles. The Morgan fingerprint density at radius 2 is 1.92 bits per heavy atom. The van der Waals surface area contributed by atoms with Crippen molar-refractivity contribution in [2.75, 3.05) is 5.32 Å². The van der Waals surface area contributed by atoms with E-state index in [0.29, 0.717) is 36.9 Å². The van der Waals surface area contributed by atoms with E-state index in [1.54, 1.807) is 16.8 Å². The van der Waals surface area contributed by atoms with Crippen LogP contribution in [-0.2, 0) is 27.1 Å². The van der Waals surface area contributed by atoms with Crippen molar-refractivity contribution in [2.24, 2.45) is 17.3 Å². The molecule has 11 heteroatoms. The third-order valence-electron chi connectivity index (χ3n) is 12.7. The second-order valence-corrected chi connectivity index (χ2v) is 16.3. The largest absolute Gasteiger partial charge is 0.482 e. The third-order valence-corrected chi connectivity index (χ3v) is 13.0. The number of anilines is 1. The minimum atomic E-state index is -0.778. The van der Waals surface area contributed by atoms with Gasteiger partial charge in [-0.25, -0.2) is 4.98 Å². The lowest BCUT2D eigenvalue weighted by molar-refractivity contribution is -0.199. The van der Waals surface area contributed by atoms with Gasteiger partial charge in [0.2, 0.25) is 5.91 Å². The highest BCUT2D eigenvalue weighted by Crippen LogP contribution is 2.65. The van der Waals surface area contributed by atoms with Gasteiger partial charge in [-0.15, -0.1) is 6.58 Å². The van der Waals surface area contributed by atoms with Crippen molar-refractivity contribution >= 4 is 41.2 Å². The normalized spacial score (nSPS) is 27.4. The van der Waals surface area contributed by atoms with E-state index in [0.717, 1.165) is 37.8 Å². The third kappa shape index (κ3) is 6.06. The highest BCUT2D eigenvalue weighted by molar-refractivity contribution is 6.48. The van der Waals surface area contributed by atoms with E-state index < -0.39 is 24.7 Å². The lowest BCUT2D eigenvalue weighted by atomic mass is 9.43. The Bertz CT molecular complexity index is 2050. The van der Waals surface area contributed by atoms with Crippen LogP contribution in [0.3, 0.4) is 0 Å². The molecule has 2 bridgehead atoms. The van der Waals surface area contributed by atoms with Crippen LogP contribution in [0.1, 0.15) is 88.2 Å². The van der Waals surface area contributed by atoms with E-state index in [2.05, 4.69) is 90.4 Å². The van der Waals surface area contributed by atoms with E-state index >= 15 is 0 Å². The van der Waals surface area contributed by atoms with Gasteiger partial charge in [-0.3, -0.25) is 19.1 Å². The summed E-state index contributed by atoms with van der Waals surface area (Å²) in [6.07, 6.45) is 8.95. The number of aryl methyl sites for hydroxylation is 1. The van der Waals surface area contributed by atoms with Crippen LogP contribution < -0.4 is 16.2 Å². The molecule has 2 N–H and O–H groups in total. The molecule has 1 amide bonds. The number of pyridine rings is 1. The summed E-state index contributed by atoms with van der Waals surface area (Å²) < 4.78 is 14.9. The number of fused-ring (bicyclic) bond motifs is 2. The summed E-state index contributed by atoms with van der Waals surface area (Å²) in [4.78, 5) is 37.6. The number of benzene rings is 2. The van der Waals surface area contributed by atoms with Crippen LogP contribution in [0.5, 0.6) is 0 Å². The van der Waals surface area contributed by atoms with E-state index in [1.165, 1.54) is 16.3 Å². The summed E-state index contributed by atoms with van der Waals surface area (Å²) in [6, 6.07) is 19.6. The van der Waals surface area contributed by atoms with Gasteiger partial charge in [-0.05, 0) is 97.6 Å². The number of hydrogen-bond donors (Lipinski definition) is 2. The average Bonchev–Trinajstić information content (AvgIpc) is 3.71. The summed E-state index contributed by atoms with van der Waals surface area (Å²) >= 11 is 6.94. The van der Waals surface area contributed by atoms with Gasteiger partial charge >= 0.3 is 7.12 Å². The van der Waals surface area contributed by atoms with Gasteiger partial charge in [0.15, 0.2) is 11.0 Å². The van der Waals surface area contributed by atoms with Crippen LogP contribution in [0.4, 0.5) is 5.82 Å². The Labute approximate surface area is 310 Å². The lowest BCUT2D eigenvalue weighted by Gasteiger charge is -2.64. The molecule has 3 aliphatic carbocycles. The van der Waals surface area contributed by atoms with Gasteiger partial charge in [0, 0.05) is 12.1 Å². The molecule has 3 saturated carbocycles. The molecule has 270 valence electrons. The van der Waals surface area contributed by atoms with Crippen molar-refractivity contribution in [2.45, 2.75) is 102 Å². The molecule has 5 aliphatic rings. The number of hydrogen-bond acceptors (Lipinski definition) is 7. The zero-order valence-corrected chi connectivity index (χ0v) is 30.9. The van der Waals surface area contributed by atoms with Crippen molar-refractivity contribution < 1.29 is 14.1 Å². The molecular formula is C41H47BClN5O4. The number of rotatable bonds is 12. The zero-order chi connectivity index (χ0) is 36.2. The molecule has 7 atom stereocenters. The highest BCUT2D eigenvalue weighted by Gasteiger charge is 2.68. The van der Waals surface area contributed by atoms with Gasteiger partial charge in [0.25, 0.3) is 5.56 Å². The number of nitrogens with one attached hydrogen (secondary N) is 2. The van der Waals surface area contributed by atoms with Crippen molar-refractivity contribution in [3.05, 3.63) is 112 Å². The quantitative estimate of drug-likeness (QED) is 0.116. The van der Waals surface area contributed by atoms with Crippen LogP contribution in [0.2, 0.25) is 5.15 Å². The molecule has 0 radical (unpaired) electrons. The van der Waals surface area contributed by atoms with Crippen molar-refractivity contribution in [3.63, 3.8) is 0 Å². The first-order valence-electron chi connectivity index (χ1n) is 18.8. The van der Waals surface area contributed by atoms with E-state index in [-0.39, 0.29) is 39.9 Å². The van der Waals surface area contributed by atoms with Gasteiger partial charge in [0.1, 0.15) is 6.04 Å². The molecule has 2 aromatic carbocycles. The number of amides is 1. The van der Waals surface area contributed by atoms with E-state index in [1.807, 2.05) is 18.2 Å². The average molecular weight is 720 g/mol. The van der Waals surface area contributed by atoms with Crippen molar-refractivity contribution in [1.82, 2.24) is 19.9 Å². The molecule has 2 aromatic heterocycles. The summed E-state index contributed by atoms with van der Waals surface area (Å²) in [5.41, 5.74) is 2.06. The maximum Gasteiger partial charge on any atom is 0.482 e. The number of carbonyl (C=O) groups is 1. The topological polar surface area (TPSA) is 107 Å². The molecule has 4 fully saturated rings. The smallest absolute Gasteiger partial charge is 0.404 e. The molecule has 0 spiro atoms. The zero-order valence-electron chi connectivity index (χ0n) is 30.2. The fourth-order valence-corrected chi connectivity index (χ4v) is 10.1. The predicted octanol–water partition coefficient (Wildman–Crippen LogP) is 7.44. The SMILES string of the molecule is C=CC[C@H](NC(=O)[C@@H]1C[C@@H](CCCc2cccc3ccccc23)c2c(Cl)nc(NCc3ccccn3)c(=O)n21)B1OC2CC3CC(C3(C)C)[C@@]2(C)O1. The Hall–Kier alpha value is -3.99. The van der Waals surface area contributed by atoms with Crippen LogP contribution in [0, 0.1) is 17.3 Å². The van der Waals surface area contributed by atoms with Crippen LogP contribution in [-0.4, -0.2) is 45.2 Å². The fourth-order valence-electron chi connectivity index (χ4n) is 9.78. The minimum absolute atomic E-state index is 0.0166. The Morgan fingerprint density at radius 3 is 2.71 bits per heavy atom. The second-order valence-electron chi connectivity index (χ2n) is 15.9. The molecule has 4 aromatic rings. The molecule has 4 heterocycles. The van der Waals surface area contributed by atoms with Crippen molar-refractivity contribution in [1.29, 1.82) is 0 Å². The molecule has 52 heavy (non-hydrogen) atoms. The number of carbonyl (C=O) groups excluding carboxylic acids is 1. The maximum atomic E-state index is 14.5. The highest BCUT2D eigenvalue weighted by atomic mass is 35.5. The first kappa shape index (κ1) is 35.1. The molecule has 3 unspecified atom stereocenters. The van der Waals surface area contributed by atoms with Gasteiger partial charge in [0.05, 0.1) is 35.6 Å². The Balaban J connectivity index is 1.05. The molecule has 9 rings (SSSR count). The summed E-state index contributed by atoms with van der Waals surface area (Å²) in [7, 11) is -0.613. The van der Waals surface area contributed by atoms with E-state index in [4.69, 9.17) is 20.9 Å².